The maximum Gasteiger partial charge on any atom is 0.0415 e. The number of benzene rings is 1. The second-order valence-electron chi connectivity index (χ2n) is 4.88. The van der Waals surface area contributed by atoms with Crippen molar-refractivity contribution in [3.05, 3.63) is 35.4 Å². The van der Waals surface area contributed by atoms with Crippen LogP contribution in [0.2, 0.25) is 0 Å². The molecule has 1 unspecified atom stereocenters. The molecule has 0 fully saturated rings. The van der Waals surface area contributed by atoms with E-state index in [0.29, 0.717) is 6.04 Å². The van der Waals surface area contributed by atoms with Gasteiger partial charge in [0.05, 0.1) is 0 Å². The molecule has 1 heterocycles. The van der Waals surface area contributed by atoms with Gasteiger partial charge in [0.2, 0.25) is 0 Å². The zero-order valence-corrected chi connectivity index (χ0v) is 11.6. The van der Waals surface area contributed by atoms with E-state index in [2.05, 4.69) is 48.6 Å². The van der Waals surface area contributed by atoms with Gasteiger partial charge in [-0.15, -0.1) is 0 Å². The quantitative estimate of drug-likeness (QED) is 0.808. The van der Waals surface area contributed by atoms with E-state index in [1.54, 1.807) is 0 Å². The fraction of sp³-hybridized carbons (Fsp3) is 0.571. The molecule has 17 heavy (non-hydrogen) atoms. The van der Waals surface area contributed by atoms with Crippen LogP contribution in [0.25, 0.3) is 0 Å². The highest BCUT2D eigenvalue weighted by Gasteiger charge is 2.18. The minimum absolute atomic E-state index is 0.548. The third kappa shape index (κ3) is 3.73. The second-order valence-corrected chi connectivity index (χ2v) is 5.91. The molecule has 2 nitrogen and oxygen atoms in total. The highest BCUT2D eigenvalue weighted by atomic mass is 32.2. The van der Waals surface area contributed by atoms with Crippen molar-refractivity contribution in [1.29, 1.82) is 0 Å². The Morgan fingerprint density at radius 3 is 3.00 bits per heavy atom. The number of nitrogens with zero attached hydrogens (tertiary/aromatic N) is 1. The van der Waals surface area contributed by atoms with Crippen molar-refractivity contribution in [2.45, 2.75) is 18.2 Å². The average Bonchev–Trinajstić information content (AvgIpc) is 2.34. The summed E-state index contributed by atoms with van der Waals surface area (Å²) in [7, 11) is 4.26. The first-order valence-corrected chi connectivity index (χ1v) is 7.46. The van der Waals surface area contributed by atoms with Crippen molar-refractivity contribution in [2.24, 2.45) is 0 Å². The summed E-state index contributed by atoms with van der Waals surface area (Å²) in [6.45, 7) is 2.27. The molecule has 1 aromatic rings. The lowest BCUT2D eigenvalue weighted by Crippen LogP contribution is -2.29. The molecule has 3 heteroatoms. The summed E-state index contributed by atoms with van der Waals surface area (Å²) in [5.74, 6) is 2.38. The van der Waals surface area contributed by atoms with Gasteiger partial charge in [0, 0.05) is 17.5 Å². The summed E-state index contributed by atoms with van der Waals surface area (Å²) in [5, 5.41) is 3.69. The molecule has 1 aliphatic rings. The number of hydrogen-bond donors (Lipinski definition) is 1. The van der Waals surface area contributed by atoms with Crippen molar-refractivity contribution in [3.8, 4) is 0 Å². The maximum atomic E-state index is 3.69. The minimum Gasteiger partial charge on any atom is -0.309 e. The van der Waals surface area contributed by atoms with Gasteiger partial charge in [-0.2, -0.15) is 11.8 Å². The predicted octanol–water partition coefficient (Wildman–Crippen LogP) is 2.52. The maximum absolute atomic E-state index is 3.69. The van der Waals surface area contributed by atoms with Crippen LogP contribution < -0.4 is 5.32 Å². The first kappa shape index (κ1) is 12.9. The van der Waals surface area contributed by atoms with Crippen molar-refractivity contribution in [1.82, 2.24) is 10.2 Å². The van der Waals surface area contributed by atoms with E-state index in [0.717, 1.165) is 13.1 Å². The van der Waals surface area contributed by atoms with Gasteiger partial charge in [-0.1, -0.05) is 24.3 Å². The van der Waals surface area contributed by atoms with E-state index in [1.165, 1.54) is 29.1 Å². The highest BCUT2D eigenvalue weighted by Crippen LogP contribution is 2.31. The van der Waals surface area contributed by atoms with Gasteiger partial charge in [-0.3, -0.25) is 0 Å². The van der Waals surface area contributed by atoms with Crippen LogP contribution in [0.5, 0.6) is 0 Å². The Morgan fingerprint density at radius 2 is 2.18 bits per heavy atom. The Morgan fingerprint density at radius 1 is 1.35 bits per heavy atom. The van der Waals surface area contributed by atoms with Gasteiger partial charge in [0.1, 0.15) is 0 Å². The summed E-state index contributed by atoms with van der Waals surface area (Å²) in [5.41, 5.74) is 3.02. The number of hydrogen-bond acceptors (Lipinski definition) is 3. The number of nitrogens with one attached hydrogen (secondary N) is 1. The van der Waals surface area contributed by atoms with Gasteiger partial charge in [-0.05, 0) is 44.7 Å². The van der Waals surface area contributed by atoms with Crippen LogP contribution in [0.1, 0.15) is 23.6 Å². The van der Waals surface area contributed by atoms with Gasteiger partial charge < -0.3 is 10.2 Å². The third-order valence-electron chi connectivity index (χ3n) is 3.15. The Hall–Kier alpha value is -0.510. The predicted molar refractivity (Wildman–Crippen MR) is 76.5 cm³/mol. The second kappa shape index (κ2) is 6.43. The van der Waals surface area contributed by atoms with E-state index in [9.17, 15) is 0 Å². The summed E-state index contributed by atoms with van der Waals surface area (Å²) >= 11 is 2.04. The van der Waals surface area contributed by atoms with E-state index in [4.69, 9.17) is 0 Å². The van der Waals surface area contributed by atoms with Crippen LogP contribution in [0.4, 0.5) is 0 Å². The van der Waals surface area contributed by atoms with Crippen molar-refractivity contribution < 1.29 is 0 Å². The molecule has 0 saturated carbocycles. The summed E-state index contributed by atoms with van der Waals surface area (Å²) < 4.78 is 0. The first-order valence-electron chi connectivity index (χ1n) is 6.31. The molecule has 0 aliphatic carbocycles. The van der Waals surface area contributed by atoms with Crippen LogP contribution in [-0.4, -0.2) is 37.8 Å². The Labute approximate surface area is 109 Å². The molecular weight excluding hydrogens is 228 g/mol. The summed E-state index contributed by atoms with van der Waals surface area (Å²) in [6.07, 6.45) is 1.22. The van der Waals surface area contributed by atoms with E-state index in [1.807, 2.05) is 11.8 Å². The number of rotatable bonds is 5. The first-order chi connectivity index (χ1) is 8.27. The Kier molecular flexibility index (Phi) is 4.89. The lowest BCUT2D eigenvalue weighted by molar-refractivity contribution is 0.389. The van der Waals surface area contributed by atoms with Crippen molar-refractivity contribution in [3.63, 3.8) is 0 Å². The van der Waals surface area contributed by atoms with Crippen molar-refractivity contribution in [2.75, 3.05) is 32.9 Å². The fourth-order valence-electron chi connectivity index (χ4n) is 2.22. The Bertz CT molecular complexity index is 352. The normalized spacial score (nSPS) is 19.4. The molecule has 0 saturated heterocycles. The molecule has 94 valence electrons. The molecule has 0 amide bonds. The lowest BCUT2D eigenvalue weighted by atomic mass is 10.0. The molecule has 0 radical (unpaired) electrons. The third-order valence-corrected chi connectivity index (χ3v) is 4.23. The van der Waals surface area contributed by atoms with E-state index < -0.39 is 0 Å². The Balaban J connectivity index is 1.86. The van der Waals surface area contributed by atoms with Crippen LogP contribution in [0.3, 0.4) is 0 Å². The van der Waals surface area contributed by atoms with Crippen LogP contribution >= 0.6 is 11.8 Å². The monoisotopic (exact) mass is 250 g/mol. The zero-order chi connectivity index (χ0) is 12.1. The van der Waals surface area contributed by atoms with Gasteiger partial charge >= 0.3 is 0 Å². The molecule has 1 aromatic carbocycles. The summed E-state index contributed by atoms with van der Waals surface area (Å²) in [6, 6.07) is 9.39. The molecule has 1 N–H and O–H groups in total. The molecule has 1 aliphatic heterocycles. The number of thioether (sulfide) groups is 1. The van der Waals surface area contributed by atoms with Gasteiger partial charge in [0.25, 0.3) is 0 Å². The minimum atomic E-state index is 0.548. The smallest absolute Gasteiger partial charge is 0.0415 e. The standard InChI is InChI=1S/C14H22N2S/c1-16(2)9-5-8-15-14-11-17-10-12-6-3-4-7-13(12)14/h3-4,6-7,14-15H,5,8-11H2,1-2H3. The topological polar surface area (TPSA) is 15.3 Å². The highest BCUT2D eigenvalue weighted by molar-refractivity contribution is 7.98. The van der Waals surface area contributed by atoms with Gasteiger partial charge in [-0.25, -0.2) is 0 Å². The van der Waals surface area contributed by atoms with Crippen LogP contribution in [0, 0.1) is 0 Å². The van der Waals surface area contributed by atoms with Crippen LogP contribution in [0.15, 0.2) is 24.3 Å². The van der Waals surface area contributed by atoms with Crippen molar-refractivity contribution >= 4 is 11.8 Å². The van der Waals surface area contributed by atoms with Crippen LogP contribution in [-0.2, 0) is 5.75 Å². The lowest BCUT2D eigenvalue weighted by Gasteiger charge is -2.26. The SMILES string of the molecule is CN(C)CCCNC1CSCc2ccccc21. The molecule has 0 spiro atoms. The van der Waals surface area contributed by atoms with E-state index in [-0.39, 0.29) is 0 Å². The zero-order valence-electron chi connectivity index (χ0n) is 10.8. The molecular formula is C14H22N2S. The molecule has 0 bridgehead atoms. The summed E-state index contributed by atoms with van der Waals surface area (Å²) in [4.78, 5) is 2.24. The average molecular weight is 250 g/mol. The van der Waals surface area contributed by atoms with Gasteiger partial charge in [0.15, 0.2) is 0 Å². The largest absolute Gasteiger partial charge is 0.309 e. The molecule has 0 aromatic heterocycles. The fourth-order valence-corrected chi connectivity index (χ4v) is 3.36. The molecule has 2 rings (SSSR count). The molecule has 1 atom stereocenters. The van der Waals surface area contributed by atoms with E-state index >= 15 is 0 Å². The number of fused-ring (bicyclic) bond motifs is 1.